The van der Waals surface area contributed by atoms with Crippen LogP contribution >= 0.6 is 0 Å². The first-order valence-electron chi connectivity index (χ1n) is 8.06. The van der Waals surface area contributed by atoms with Crippen molar-refractivity contribution in [1.29, 1.82) is 0 Å². The van der Waals surface area contributed by atoms with Crippen molar-refractivity contribution in [3.05, 3.63) is 57.6 Å². The number of ether oxygens (including phenoxy) is 3. The average Bonchev–Trinajstić information content (AvgIpc) is 2.62. The molecule has 0 heterocycles. The number of Topliss-reactive ketones (excluding diaryl/α,β-unsaturated/α-hetero) is 1. The quantitative estimate of drug-likeness (QED) is 0.234. The number of esters is 2. The highest BCUT2D eigenvalue weighted by atomic mass is 16.6. The number of carbonyl (C=O) groups excluding carboxylic acids is 3. The molecule has 0 unspecified atom stereocenters. The maximum Gasteiger partial charge on any atom is 0.316 e. The van der Waals surface area contributed by atoms with Gasteiger partial charge in [-0.25, -0.2) is 0 Å². The second-order valence-corrected chi connectivity index (χ2v) is 5.72. The lowest BCUT2D eigenvalue weighted by Crippen LogP contribution is -2.11. The van der Waals surface area contributed by atoms with Crippen LogP contribution in [-0.4, -0.2) is 29.8 Å². The molecule has 146 valence electrons. The van der Waals surface area contributed by atoms with Gasteiger partial charge in [0.1, 0.15) is 5.75 Å². The molecule has 0 radical (unpaired) electrons. The van der Waals surface area contributed by atoms with E-state index in [1.165, 1.54) is 7.11 Å². The lowest BCUT2D eigenvalue weighted by molar-refractivity contribution is -0.385. The summed E-state index contributed by atoms with van der Waals surface area (Å²) in [6.07, 6.45) is -0.0480. The summed E-state index contributed by atoms with van der Waals surface area (Å²) in [5.41, 5.74) is -0.0618. The normalized spacial score (nSPS) is 10.1. The summed E-state index contributed by atoms with van der Waals surface area (Å²) >= 11 is 0. The predicted octanol–water partition coefficient (Wildman–Crippen LogP) is 2.88. The second-order valence-electron chi connectivity index (χ2n) is 5.72. The summed E-state index contributed by atoms with van der Waals surface area (Å²) in [5.74, 6) is -2.37. The van der Waals surface area contributed by atoms with Gasteiger partial charge in [-0.3, -0.25) is 24.5 Å². The summed E-state index contributed by atoms with van der Waals surface area (Å²) in [5, 5.41) is 11.4. The molecule has 9 heteroatoms. The van der Waals surface area contributed by atoms with Crippen molar-refractivity contribution in [3.63, 3.8) is 0 Å². The first kappa shape index (κ1) is 20.6. The van der Waals surface area contributed by atoms with E-state index in [1.54, 1.807) is 24.3 Å². The van der Waals surface area contributed by atoms with Gasteiger partial charge >= 0.3 is 17.6 Å². The van der Waals surface area contributed by atoms with Crippen LogP contribution in [0.15, 0.2) is 36.4 Å². The molecular formula is C19H17NO8. The first-order chi connectivity index (χ1) is 13.2. The SMILES string of the molecule is COc1ccc(CC(=O)c2cc(OC(C)=O)c(OC(C)=O)c([N+](=O)[O-])c2)cc1. The predicted molar refractivity (Wildman–Crippen MR) is 96.7 cm³/mol. The van der Waals surface area contributed by atoms with E-state index in [1.807, 2.05) is 0 Å². The first-order valence-corrected chi connectivity index (χ1v) is 8.06. The van der Waals surface area contributed by atoms with Crippen molar-refractivity contribution < 1.29 is 33.5 Å². The Bertz CT molecular complexity index is 934. The maximum atomic E-state index is 12.6. The van der Waals surface area contributed by atoms with Crippen LogP contribution in [0.2, 0.25) is 0 Å². The van der Waals surface area contributed by atoms with Gasteiger partial charge in [0.15, 0.2) is 11.5 Å². The fourth-order valence-corrected chi connectivity index (χ4v) is 2.39. The minimum absolute atomic E-state index is 0.0480. The highest BCUT2D eigenvalue weighted by molar-refractivity contribution is 5.99. The van der Waals surface area contributed by atoms with E-state index < -0.39 is 34.1 Å². The Hall–Kier alpha value is -3.75. The Morgan fingerprint density at radius 2 is 1.61 bits per heavy atom. The number of hydrogen-bond donors (Lipinski definition) is 0. The monoisotopic (exact) mass is 387 g/mol. The van der Waals surface area contributed by atoms with Gasteiger partial charge in [0.2, 0.25) is 0 Å². The molecule has 0 bridgehead atoms. The molecule has 0 amide bonds. The molecule has 0 spiro atoms. The third-order valence-electron chi connectivity index (χ3n) is 3.58. The van der Waals surface area contributed by atoms with Crippen molar-refractivity contribution in [3.8, 4) is 17.2 Å². The summed E-state index contributed by atoms with van der Waals surface area (Å²) in [6, 6.07) is 8.85. The third kappa shape index (κ3) is 5.13. The molecule has 0 saturated carbocycles. The lowest BCUT2D eigenvalue weighted by atomic mass is 10.0. The van der Waals surface area contributed by atoms with E-state index in [4.69, 9.17) is 14.2 Å². The van der Waals surface area contributed by atoms with Gasteiger partial charge in [-0.2, -0.15) is 0 Å². The molecule has 2 rings (SSSR count). The number of benzene rings is 2. The van der Waals surface area contributed by atoms with E-state index in [-0.39, 0.29) is 17.7 Å². The van der Waals surface area contributed by atoms with Gasteiger partial charge in [0.25, 0.3) is 5.75 Å². The van der Waals surface area contributed by atoms with Crippen molar-refractivity contribution >= 4 is 23.4 Å². The molecule has 0 fully saturated rings. The zero-order valence-corrected chi connectivity index (χ0v) is 15.4. The lowest BCUT2D eigenvalue weighted by Gasteiger charge is -2.11. The van der Waals surface area contributed by atoms with Crippen LogP contribution < -0.4 is 14.2 Å². The van der Waals surface area contributed by atoms with Crippen LogP contribution in [0.5, 0.6) is 17.2 Å². The Kier molecular flexibility index (Phi) is 6.43. The Labute approximate surface area is 160 Å². The molecule has 0 saturated heterocycles. The van der Waals surface area contributed by atoms with Gasteiger partial charge in [-0.1, -0.05) is 12.1 Å². The van der Waals surface area contributed by atoms with E-state index >= 15 is 0 Å². The zero-order valence-electron chi connectivity index (χ0n) is 15.4. The number of methoxy groups -OCH3 is 1. The van der Waals surface area contributed by atoms with Gasteiger partial charge in [0.05, 0.1) is 12.0 Å². The van der Waals surface area contributed by atoms with E-state index in [9.17, 15) is 24.5 Å². The number of nitro groups is 1. The van der Waals surface area contributed by atoms with Gasteiger partial charge in [0, 0.05) is 31.9 Å². The Balaban J connectivity index is 2.45. The summed E-state index contributed by atoms with van der Waals surface area (Å²) in [4.78, 5) is 45.8. The Morgan fingerprint density at radius 1 is 1.00 bits per heavy atom. The van der Waals surface area contributed by atoms with Crippen molar-refractivity contribution in [2.45, 2.75) is 20.3 Å². The number of rotatable bonds is 7. The molecule has 28 heavy (non-hydrogen) atoms. The van der Waals surface area contributed by atoms with Crippen LogP contribution in [0.25, 0.3) is 0 Å². The number of nitrogens with zero attached hydrogens (tertiary/aromatic N) is 1. The van der Waals surface area contributed by atoms with Crippen molar-refractivity contribution in [2.75, 3.05) is 7.11 Å². The largest absolute Gasteiger partial charge is 0.497 e. The number of carbonyl (C=O) groups is 3. The summed E-state index contributed by atoms with van der Waals surface area (Å²) in [6.45, 7) is 2.12. The standard InChI is InChI=1S/C19H17NO8/c1-11(21)27-18-10-14(9-16(20(24)25)19(18)28-12(2)22)17(23)8-13-4-6-15(26-3)7-5-13/h4-7,9-10H,8H2,1-3H3. The molecular weight excluding hydrogens is 370 g/mol. The van der Waals surface area contributed by atoms with Crippen LogP contribution in [0.4, 0.5) is 5.69 Å². The van der Waals surface area contributed by atoms with E-state index in [0.717, 1.165) is 26.0 Å². The molecule has 0 aromatic heterocycles. The highest BCUT2D eigenvalue weighted by Gasteiger charge is 2.27. The third-order valence-corrected chi connectivity index (χ3v) is 3.58. The minimum Gasteiger partial charge on any atom is -0.497 e. The highest BCUT2D eigenvalue weighted by Crippen LogP contribution is 2.39. The van der Waals surface area contributed by atoms with Crippen LogP contribution in [0, 0.1) is 10.1 Å². The zero-order chi connectivity index (χ0) is 20.8. The molecule has 0 aliphatic rings. The number of ketones is 1. The topological polar surface area (TPSA) is 122 Å². The minimum atomic E-state index is -0.839. The summed E-state index contributed by atoms with van der Waals surface area (Å²) < 4.78 is 14.8. The molecule has 0 aliphatic heterocycles. The fraction of sp³-hybridized carbons (Fsp3) is 0.211. The molecule has 2 aromatic rings. The van der Waals surface area contributed by atoms with Gasteiger partial charge in [-0.05, 0) is 23.8 Å². The fourth-order valence-electron chi connectivity index (χ4n) is 2.39. The van der Waals surface area contributed by atoms with Crippen molar-refractivity contribution in [1.82, 2.24) is 0 Å². The van der Waals surface area contributed by atoms with E-state index in [2.05, 4.69) is 0 Å². The maximum absolute atomic E-state index is 12.6. The smallest absolute Gasteiger partial charge is 0.316 e. The molecule has 9 nitrogen and oxygen atoms in total. The van der Waals surface area contributed by atoms with Crippen LogP contribution in [-0.2, 0) is 16.0 Å². The molecule has 0 aliphatic carbocycles. The number of hydrogen-bond acceptors (Lipinski definition) is 8. The average molecular weight is 387 g/mol. The Morgan fingerprint density at radius 3 is 2.11 bits per heavy atom. The molecule has 0 atom stereocenters. The summed E-state index contributed by atoms with van der Waals surface area (Å²) in [7, 11) is 1.51. The van der Waals surface area contributed by atoms with Crippen molar-refractivity contribution in [2.24, 2.45) is 0 Å². The van der Waals surface area contributed by atoms with Crippen LogP contribution in [0.3, 0.4) is 0 Å². The van der Waals surface area contributed by atoms with E-state index in [0.29, 0.717) is 11.3 Å². The van der Waals surface area contributed by atoms with Crippen LogP contribution in [0.1, 0.15) is 29.8 Å². The van der Waals surface area contributed by atoms with Gasteiger partial charge in [-0.15, -0.1) is 0 Å². The van der Waals surface area contributed by atoms with Gasteiger partial charge < -0.3 is 14.2 Å². The molecule has 2 aromatic carbocycles. The number of nitro benzene ring substituents is 1. The second kappa shape index (κ2) is 8.76. The molecule has 0 N–H and O–H groups in total.